The molecular formula is C16H20N4. The maximum absolute atomic E-state index is 4.68. The molecule has 3 rings (SSSR count). The van der Waals surface area contributed by atoms with Gasteiger partial charge in [0.05, 0.1) is 0 Å². The summed E-state index contributed by atoms with van der Waals surface area (Å²) in [6.07, 6.45) is 6.24. The van der Waals surface area contributed by atoms with Crippen LogP contribution in [0.1, 0.15) is 35.4 Å². The lowest BCUT2D eigenvalue weighted by Gasteiger charge is -2.12. The van der Waals surface area contributed by atoms with E-state index in [1.54, 1.807) is 6.20 Å². The highest BCUT2D eigenvalue weighted by atomic mass is 15.0. The average Bonchev–Trinajstić information content (AvgIpc) is 3.22. The van der Waals surface area contributed by atoms with Crippen LogP contribution in [0.3, 0.4) is 0 Å². The summed E-state index contributed by atoms with van der Waals surface area (Å²) in [6, 6.07) is 2.68. The Balaban J connectivity index is 1.92. The summed E-state index contributed by atoms with van der Waals surface area (Å²) >= 11 is 0. The lowest BCUT2D eigenvalue weighted by atomic mass is 10.1. The minimum absolute atomic E-state index is 0.705. The smallest absolute Gasteiger partial charge is 0.160 e. The van der Waals surface area contributed by atoms with E-state index in [2.05, 4.69) is 34.1 Å². The van der Waals surface area contributed by atoms with Crippen molar-refractivity contribution in [3.8, 4) is 11.4 Å². The van der Waals surface area contributed by atoms with Gasteiger partial charge < -0.3 is 5.32 Å². The van der Waals surface area contributed by atoms with Gasteiger partial charge in [-0.05, 0) is 45.2 Å². The molecule has 1 N–H and O–H groups in total. The molecule has 0 aromatic carbocycles. The lowest BCUT2D eigenvalue weighted by Crippen LogP contribution is -2.18. The number of hydrogen-bond acceptors (Lipinski definition) is 4. The first-order valence-electron chi connectivity index (χ1n) is 7.13. The third-order valence-electron chi connectivity index (χ3n) is 3.83. The van der Waals surface area contributed by atoms with Crippen LogP contribution in [0.5, 0.6) is 0 Å². The Morgan fingerprint density at radius 2 is 1.85 bits per heavy atom. The number of rotatable bonds is 4. The largest absolute Gasteiger partial charge is 0.310 e. The molecule has 4 nitrogen and oxygen atoms in total. The SMILES string of the molecule is Cc1cnccc1-c1nc(C)c(CNC2CC2)c(C)n1. The Kier molecular flexibility index (Phi) is 3.49. The van der Waals surface area contributed by atoms with Crippen molar-refractivity contribution in [3.05, 3.63) is 41.0 Å². The molecule has 1 aliphatic rings. The van der Waals surface area contributed by atoms with Crippen molar-refractivity contribution >= 4 is 0 Å². The van der Waals surface area contributed by atoms with Gasteiger partial charge in [0.1, 0.15) is 0 Å². The molecule has 1 aliphatic carbocycles. The standard InChI is InChI=1S/C16H20N4/c1-10-8-17-7-6-14(10)16-19-11(2)15(12(3)20-16)9-18-13-4-5-13/h6-8,13,18H,4-5,9H2,1-3H3. The van der Waals surface area contributed by atoms with Crippen LogP contribution in [0.2, 0.25) is 0 Å². The maximum Gasteiger partial charge on any atom is 0.160 e. The summed E-state index contributed by atoms with van der Waals surface area (Å²) in [5, 5.41) is 3.54. The Hall–Kier alpha value is -1.81. The molecule has 0 spiro atoms. The van der Waals surface area contributed by atoms with E-state index in [-0.39, 0.29) is 0 Å². The molecule has 0 saturated heterocycles. The van der Waals surface area contributed by atoms with Crippen molar-refractivity contribution in [1.29, 1.82) is 0 Å². The van der Waals surface area contributed by atoms with Crippen LogP contribution in [-0.2, 0) is 6.54 Å². The third-order valence-corrected chi connectivity index (χ3v) is 3.83. The zero-order valence-corrected chi connectivity index (χ0v) is 12.3. The summed E-state index contributed by atoms with van der Waals surface area (Å²) in [7, 11) is 0. The molecule has 1 saturated carbocycles. The number of aryl methyl sites for hydroxylation is 3. The number of hydrogen-bond donors (Lipinski definition) is 1. The van der Waals surface area contributed by atoms with E-state index in [4.69, 9.17) is 0 Å². The second-order valence-electron chi connectivity index (χ2n) is 5.54. The summed E-state index contributed by atoms with van der Waals surface area (Å²) < 4.78 is 0. The Bertz CT molecular complexity index is 609. The maximum atomic E-state index is 4.68. The summed E-state index contributed by atoms with van der Waals surface area (Å²) in [5.41, 5.74) is 5.53. The molecule has 2 aromatic heterocycles. The normalized spacial score (nSPS) is 14.6. The molecule has 0 bridgehead atoms. The predicted molar refractivity (Wildman–Crippen MR) is 79.3 cm³/mol. The molecule has 4 heteroatoms. The van der Waals surface area contributed by atoms with Gasteiger partial charge in [-0.2, -0.15) is 0 Å². The van der Waals surface area contributed by atoms with E-state index in [9.17, 15) is 0 Å². The van der Waals surface area contributed by atoms with Crippen LogP contribution in [0.4, 0.5) is 0 Å². The van der Waals surface area contributed by atoms with Gasteiger partial charge in [-0.3, -0.25) is 4.98 Å². The Morgan fingerprint density at radius 3 is 2.45 bits per heavy atom. The first-order chi connectivity index (χ1) is 9.65. The molecule has 0 atom stereocenters. The quantitative estimate of drug-likeness (QED) is 0.926. The molecule has 20 heavy (non-hydrogen) atoms. The van der Waals surface area contributed by atoms with Gasteiger partial charge in [-0.1, -0.05) is 0 Å². The first-order valence-corrected chi connectivity index (χ1v) is 7.13. The highest BCUT2D eigenvalue weighted by Crippen LogP contribution is 2.23. The van der Waals surface area contributed by atoms with Crippen molar-refractivity contribution in [2.24, 2.45) is 0 Å². The minimum atomic E-state index is 0.705. The van der Waals surface area contributed by atoms with Crippen molar-refractivity contribution in [2.75, 3.05) is 0 Å². The monoisotopic (exact) mass is 268 g/mol. The average molecular weight is 268 g/mol. The van der Waals surface area contributed by atoms with Crippen molar-refractivity contribution in [2.45, 2.75) is 46.2 Å². The molecule has 104 valence electrons. The van der Waals surface area contributed by atoms with Crippen LogP contribution >= 0.6 is 0 Å². The van der Waals surface area contributed by atoms with Crippen molar-refractivity contribution in [1.82, 2.24) is 20.3 Å². The van der Waals surface area contributed by atoms with Crippen LogP contribution < -0.4 is 5.32 Å². The summed E-state index contributed by atoms with van der Waals surface area (Å²) in [6.45, 7) is 7.05. The summed E-state index contributed by atoms with van der Waals surface area (Å²) in [4.78, 5) is 13.5. The number of nitrogens with zero attached hydrogens (tertiary/aromatic N) is 3. The van der Waals surface area contributed by atoms with E-state index >= 15 is 0 Å². The minimum Gasteiger partial charge on any atom is -0.310 e. The molecule has 0 aliphatic heterocycles. The molecule has 1 fully saturated rings. The van der Waals surface area contributed by atoms with E-state index in [0.717, 1.165) is 34.9 Å². The Morgan fingerprint density at radius 1 is 1.15 bits per heavy atom. The first kappa shape index (κ1) is 13.2. The highest BCUT2D eigenvalue weighted by Gasteiger charge is 2.21. The third kappa shape index (κ3) is 2.70. The Labute approximate surface area is 119 Å². The lowest BCUT2D eigenvalue weighted by molar-refractivity contribution is 0.675. The fraction of sp³-hybridized carbons (Fsp3) is 0.438. The predicted octanol–water partition coefficient (Wildman–Crippen LogP) is 2.72. The second kappa shape index (κ2) is 5.29. The number of aromatic nitrogens is 3. The molecule has 0 unspecified atom stereocenters. The van der Waals surface area contributed by atoms with Gasteiger partial charge in [0, 0.05) is 47.5 Å². The van der Waals surface area contributed by atoms with Gasteiger partial charge in [0.2, 0.25) is 0 Å². The van der Waals surface area contributed by atoms with Gasteiger partial charge in [-0.25, -0.2) is 9.97 Å². The second-order valence-corrected chi connectivity index (χ2v) is 5.54. The van der Waals surface area contributed by atoms with Gasteiger partial charge in [0.25, 0.3) is 0 Å². The fourth-order valence-electron chi connectivity index (χ4n) is 2.37. The summed E-state index contributed by atoms with van der Waals surface area (Å²) in [5.74, 6) is 0.801. The van der Waals surface area contributed by atoms with Crippen LogP contribution in [0.25, 0.3) is 11.4 Å². The van der Waals surface area contributed by atoms with Crippen LogP contribution in [0, 0.1) is 20.8 Å². The van der Waals surface area contributed by atoms with Gasteiger partial charge >= 0.3 is 0 Å². The van der Waals surface area contributed by atoms with E-state index in [1.807, 2.05) is 19.2 Å². The van der Waals surface area contributed by atoms with Gasteiger partial charge in [-0.15, -0.1) is 0 Å². The van der Waals surface area contributed by atoms with E-state index in [0.29, 0.717) is 6.04 Å². The molecule has 2 heterocycles. The van der Waals surface area contributed by atoms with Gasteiger partial charge in [0.15, 0.2) is 5.82 Å². The van der Waals surface area contributed by atoms with Crippen LogP contribution in [-0.4, -0.2) is 21.0 Å². The molecule has 2 aromatic rings. The highest BCUT2D eigenvalue weighted by molar-refractivity contribution is 5.59. The zero-order valence-electron chi connectivity index (χ0n) is 12.3. The molecular weight excluding hydrogens is 248 g/mol. The number of pyridine rings is 1. The molecule has 0 amide bonds. The van der Waals surface area contributed by atoms with Crippen LogP contribution in [0.15, 0.2) is 18.5 Å². The molecule has 0 radical (unpaired) electrons. The van der Waals surface area contributed by atoms with Crippen molar-refractivity contribution in [3.63, 3.8) is 0 Å². The topological polar surface area (TPSA) is 50.7 Å². The fourth-order valence-corrected chi connectivity index (χ4v) is 2.37. The van der Waals surface area contributed by atoms with E-state index < -0.39 is 0 Å². The van der Waals surface area contributed by atoms with Crippen molar-refractivity contribution < 1.29 is 0 Å². The number of nitrogens with one attached hydrogen (secondary N) is 1. The van der Waals surface area contributed by atoms with E-state index in [1.165, 1.54) is 18.4 Å². The zero-order chi connectivity index (χ0) is 14.1.